The van der Waals surface area contributed by atoms with Crippen molar-refractivity contribution >= 4 is 11.9 Å². The first-order valence-electron chi connectivity index (χ1n) is 9.28. The number of amides is 1. The SMILES string of the molecule is CN1C(=O)C[C@]2(CCCc3ccc(-c4cccc(OC(F)(F)F)c4)cc32)N=C1N. The zero-order chi connectivity index (χ0) is 20.8. The molecule has 8 heteroatoms. The van der Waals surface area contributed by atoms with Crippen molar-refractivity contribution < 1.29 is 22.7 Å². The van der Waals surface area contributed by atoms with E-state index in [1.165, 1.54) is 23.1 Å². The highest BCUT2D eigenvalue weighted by Crippen LogP contribution is 2.44. The fourth-order valence-corrected chi connectivity index (χ4v) is 4.12. The molecule has 4 rings (SSSR count). The van der Waals surface area contributed by atoms with Gasteiger partial charge in [0.2, 0.25) is 5.91 Å². The van der Waals surface area contributed by atoms with Gasteiger partial charge < -0.3 is 10.5 Å². The zero-order valence-electron chi connectivity index (χ0n) is 15.8. The van der Waals surface area contributed by atoms with E-state index >= 15 is 0 Å². The molecular weight excluding hydrogens is 383 g/mol. The first-order chi connectivity index (χ1) is 13.7. The largest absolute Gasteiger partial charge is 0.573 e. The minimum Gasteiger partial charge on any atom is -0.406 e. The van der Waals surface area contributed by atoms with Crippen LogP contribution >= 0.6 is 0 Å². The monoisotopic (exact) mass is 403 g/mol. The summed E-state index contributed by atoms with van der Waals surface area (Å²) < 4.78 is 41.7. The normalized spacial score (nSPS) is 21.7. The van der Waals surface area contributed by atoms with Crippen molar-refractivity contribution in [3.8, 4) is 16.9 Å². The molecule has 0 saturated carbocycles. The van der Waals surface area contributed by atoms with Crippen molar-refractivity contribution in [3.63, 3.8) is 0 Å². The van der Waals surface area contributed by atoms with Crippen LogP contribution in [0, 0.1) is 0 Å². The smallest absolute Gasteiger partial charge is 0.406 e. The highest BCUT2D eigenvalue weighted by atomic mass is 19.4. The van der Waals surface area contributed by atoms with Gasteiger partial charge in [-0.25, -0.2) is 4.99 Å². The fraction of sp³-hybridized carbons (Fsp3) is 0.333. The molecule has 2 aromatic carbocycles. The highest BCUT2D eigenvalue weighted by Gasteiger charge is 2.43. The van der Waals surface area contributed by atoms with Crippen LogP contribution in [-0.2, 0) is 16.8 Å². The van der Waals surface area contributed by atoms with Gasteiger partial charge in [-0.2, -0.15) is 0 Å². The van der Waals surface area contributed by atoms with E-state index in [1.54, 1.807) is 13.1 Å². The number of aryl methyl sites for hydroxylation is 1. The summed E-state index contributed by atoms with van der Waals surface area (Å²) in [5.41, 5.74) is 8.58. The first-order valence-corrected chi connectivity index (χ1v) is 9.28. The number of aliphatic imine (C=N–C) groups is 1. The lowest BCUT2D eigenvalue weighted by atomic mass is 9.73. The van der Waals surface area contributed by atoms with Gasteiger partial charge >= 0.3 is 6.36 Å². The molecule has 1 amide bonds. The zero-order valence-corrected chi connectivity index (χ0v) is 15.8. The molecule has 1 atom stereocenters. The van der Waals surface area contributed by atoms with Crippen LogP contribution in [0.1, 0.15) is 30.4 Å². The predicted molar refractivity (Wildman–Crippen MR) is 102 cm³/mol. The van der Waals surface area contributed by atoms with Crippen molar-refractivity contribution in [1.29, 1.82) is 0 Å². The Labute approximate surface area is 166 Å². The third-order valence-corrected chi connectivity index (χ3v) is 5.54. The number of fused-ring (bicyclic) bond motifs is 2. The lowest BCUT2D eigenvalue weighted by Gasteiger charge is -2.40. The van der Waals surface area contributed by atoms with Crippen LogP contribution in [0.15, 0.2) is 47.5 Å². The van der Waals surface area contributed by atoms with Crippen molar-refractivity contribution in [2.24, 2.45) is 10.7 Å². The van der Waals surface area contributed by atoms with Crippen LogP contribution in [0.3, 0.4) is 0 Å². The summed E-state index contributed by atoms with van der Waals surface area (Å²) >= 11 is 0. The van der Waals surface area contributed by atoms with Gasteiger partial charge in [0.1, 0.15) is 5.75 Å². The van der Waals surface area contributed by atoms with Crippen LogP contribution in [0.25, 0.3) is 11.1 Å². The summed E-state index contributed by atoms with van der Waals surface area (Å²) in [5.74, 6) is -0.199. The maximum atomic E-state index is 12.6. The van der Waals surface area contributed by atoms with Crippen molar-refractivity contribution in [2.75, 3.05) is 7.05 Å². The second kappa shape index (κ2) is 6.79. The molecule has 29 heavy (non-hydrogen) atoms. The van der Waals surface area contributed by atoms with E-state index in [1.807, 2.05) is 18.2 Å². The third kappa shape index (κ3) is 3.66. The van der Waals surface area contributed by atoms with E-state index in [0.29, 0.717) is 12.0 Å². The third-order valence-electron chi connectivity index (χ3n) is 5.54. The Morgan fingerprint density at radius 2 is 1.93 bits per heavy atom. The Morgan fingerprint density at radius 3 is 2.66 bits per heavy atom. The van der Waals surface area contributed by atoms with E-state index in [-0.39, 0.29) is 24.0 Å². The molecular formula is C21H20F3N3O2. The number of benzene rings is 2. The molecule has 1 aliphatic heterocycles. The number of nitrogens with two attached hydrogens (primary N) is 1. The highest BCUT2D eigenvalue weighted by molar-refractivity contribution is 5.99. The Bertz CT molecular complexity index is 1000. The number of hydrogen-bond donors (Lipinski definition) is 1. The van der Waals surface area contributed by atoms with E-state index in [0.717, 1.165) is 29.5 Å². The van der Waals surface area contributed by atoms with Gasteiger partial charge in [-0.15, -0.1) is 13.2 Å². The number of alkyl halides is 3. The Hall–Kier alpha value is -3.03. The summed E-state index contributed by atoms with van der Waals surface area (Å²) in [6.45, 7) is 0. The Morgan fingerprint density at radius 1 is 1.17 bits per heavy atom. The summed E-state index contributed by atoms with van der Waals surface area (Å²) in [7, 11) is 1.60. The lowest BCUT2D eigenvalue weighted by molar-refractivity contribution is -0.274. The number of ether oxygens (including phenoxy) is 1. The maximum absolute atomic E-state index is 12.6. The van der Waals surface area contributed by atoms with Crippen molar-refractivity contribution in [1.82, 2.24) is 4.90 Å². The van der Waals surface area contributed by atoms with Crippen molar-refractivity contribution in [3.05, 3.63) is 53.6 Å². The standard InChI is InChI=1S/C21H20F3N3O2/c1-27-18(28)12-20(26-19(27)25)9-3-5-13-7-8-15(11-17(13)20)14-4-2-6-16(10-14)29-21(22,23)24/h2,4,6-8,10-11H,3,5,9,12H2,1H3,(H2,25,26)/t20-/m0/s1. The first kappa shape index (κ1) is 19.3. The minimum atomic E-state index is -4.75. The molecule has 2 N–H and O–H groups in total. The van der Waals surface area contributed by atoms with Gasteiger partial charge in [0.05, 0.1) is 12.0 Å². The number of hydrogen-bond acceptors (Lipinski definition) is 4. The van der Waals surface area contributed by atoms with Crippen LogP contribution in [0.2, 0.25) is 0 Å². The summed E-state index contributed by atoms with van der Waals surface area (Å²) in [5, 5.41) is 0. The lowest BCUT2D eigenvalue weighted by Crippen LogP contribution is -2.49. The van der Waals surface area contributed by atoms with Gasteiger partial charge in [0.15, 0.2) is 5.96 Å². The average molecular weight is 403 g/mol. The van der Waals surface area contributed by atoms with Crippen LogP contribution < -0.4 is 10.5 Å². The van der Waals surface area contributed by atoms with Gasteiger partial charge in [0, 0.05) is 7.05 Å². The molecule has 2 aliphatic rings. The number of halogens is 3. The molecule has 0 saturated heterocycles. The Kier molecular flexibility index (Phi) is 4.52. The molecule has 0 bridgehead atoms. The molecule has 0 fully saturated rings. The molecule has 1 heterocycles. The molecule has 1 spiro atoms. The van der Waals surface area contributed by atoms with Gasteiger partial charge in [-0.05, 0) is 59.7 Å². The van der Waals surface area contributed by atoms with E-state index < -0.39 is 11.9 Å². The number of carbonyl (C=O) groups excluding carboxylic acids is 1. The fourth-order valence-electron chi connectivity index (χ4n) is 4.12. The van der Waals surface area contributed by atoms with Crippen LogP contribution in [0.4, 0.5) is 13.2 Å². The molecule has 0 radical (unpaired) electrons. The molecule has 1 aliphatic carbocycles. The second-order valence-electron chi connectivity index (χ2n) is 7.43. The van der Waals surface area contributed by atoms with Crippen LogP contribution in [0.5, 0.6) is 5.75 Å². The van der Waals surface area contributed by atoms with Gasteiger partial charge in [-0.3, -0.25) is 9.69 Å². The molecule has 2 aromatic rings. The molecule has 0 unspecified atom stereocenters. The molecule has 0 aromatic heterocycles. The maximum Gasteiger partial charge on any atom is 0.573 e. The van der Waals surface area contributed by atoms with Gasteiger partial charge in [0.25, 0.3) is 0 Å². The van der Waals surface area contributed by atoms with Crippen molar-refractivity contribution in [2.45, 2.75) is 37.6 Å². The minimum absolute atomic E-state index is 0.101. The van der Waals surface area contributed by atoms with Crippen LogP contribution in [-0.4, -0.2) is 30.2 Å². The van der Waals surface area contributed by atoms with E-state index in [2.05, 4.69) is 9.73 Å². The number of guanidine groups is 1. The summed E-state index contributed by atoms with van der Waals surface area (Å²) in [6, 6.07) is 11.6. The quantitative estimate of drug-likeness (QED) is 0.825. The second-order valence-corrected chi connectivity index (χ2v) is 7.43. The van der Waals surface area contributed by atoms with E-state index in [9.17, 15) is 18.0 Å². The van der Waals surface area contributed by atoms with Gasteiger partial charge in [-0.1, -0.05) is 24.3 Å². The summed E-state index contributed by atoms with van der Waals surface area (Å²) in [4.78, 5) is 18.5. The summed E-state index contributed by atoms with van der Waals surface area (Å²) in [6.07, 6.45) is -2.10. The average Bonchev–Trinajstić information content (AvgIpc) is 2.65. The Balaban J connectivity index is 1.77. The number of rotatable bonds is 2. The number of carbonyl (C=O) groups is 1. The topological polar surface area (TPSA) is 67.9 Å². The predicted octanol–water partition coefficient (Wildman–Crippen LogP) is 3.96. The molecule has 5 nitrogen and oxygen atoms in total. The van der Waals surface area contributed by atoms with E-state index in [4.69, 9.17) is 5.73 Å². The molecule has 152 valence electrons. The number of nitrogens with zero attached hydrogens (tertiary/aromatic N) is 2.